The molecule has 0 aliphatic rings. The van der Waals surface area contributed by atoms with Crippen molar-refractivity contribution in [2.75, 3.05) is 13.7 Å². The van der Waals surface area contributed by atoms with Crippen LogP contribution in [-0.4, -0.2) is 24.8 Å². The number of nitriles is 1. The summed E-state index contributed by atoms with van der Waals surface area (Å²) in [5.41, 5.74) is -0.310. The fraction of sp³-hybridized carbons (Fsp3) is 0.429. The molecule has 1 rings (SSSR count). The molecular formula is C14H17NO4. The van der Waals surface area contributed by atoms with Crippen LogP contribution in [0.5, 0.6) is 11.5 Å². The van der Waals surface area contributed by atoms with Gasteiger partial charge in [0.05, 0.1) is 30.8 Å². The Morgan fingerprint density at radius 2 is 2.11 bits per heavy atom. The monoisotopic (exact) mass is 263 g/mol. The second kappa shape index (κ2) is 6.10. The molecule has 19 heavy (non-hydrogen) atoms. The highest BCUT2D eigenvalue weighted by Crippen LogP contribution is 2.29. The molecule has 0 amide bonds. The summed E-state index contributed by atoms with van der Waals surface area (Å²) in [6.45, 7) is 4.03. The molecule has 1 aromatic carbocycles. The smallest absolute Gasteiger partial charge is 0.335 e. The quantitative estimate of drug-likeness (QED) is 0.853. The molecule has 0 bridgehead atoms. The molecule has 5 heteroatoms. The molecule has 1 N–H and O–H groups in total. The fourth-order valence-electron chi connectivity index (χ4n) is 1.39. The molecule has 0 saturated carbocycles. The maximum Gasteiger partial charge on any atom is 0.335 e. The van der Waals surface area contributed by atoms with E-state index in [1.54, 1.807) is 6.07 Å². The van der Waals surface area contributed by atoms with Crippen LogP contribution >= 0.6 is 0 Å². The summed E-state index contributed by atoms with van der Waals surface area (Å²) in [6.07, 6.45) is 0.577. The first-order valence-corrected chi connectivity index (χ1v) is 5.85. The van der Waals surface area contributed by atoms with Gasteiger partial charge in [-0.25, -0.2) is 4.79 Å². The number of carboxylic acids is 1. The number of nitrogens with zero attached hydrogens (tertiary/aromatic N) is 1. The van der Waals surface area contributed by atoms with Gasteiger partial charge in [-0.2, -0.15) is 5.26 Å². The van der Waals surface area contributed by atoms with E-state index >= 15 is 0 Å². The number of methoxy groups -OCH3 is 1. The Labute approximate surface area is 112 Å². The van der Waals surface area contributed by atoms with Crippen LogP contribution < -0.4 is 9.47 Å². The van der Waals surface area contributed by atoms with Crippen molar-refractivity contribution in [3.8, 4) is 17.6 Å². The Bertz CT molecular complexity index is 503. The molecule has 0 spiro atoms. The topological polar surface area (TPSA) is 79.6 Å². The largest absolute Gasteiger partial charge is 0.493 e. The molecule has 0 atom stereocenters. The molecular weight excluding hydrogens is 246 g/mol. The van der Waals surface area contributed by atoms with Crippen LogP contribution in [0.3, 0.4) is 0 Å². The Morgan fingerprint density at radius 1 is 1.42 bits per heavy atom. The highest BCUT2D eigenvalue weighted by molar-refractivity contribution is 5.88. The van der Waals surface area contributed by atoms with Crippen LogP contribution in [0, 0.1) is 16.7 Å². The molecule has 0 saturated heterocycles. The lowest BCUT2D eigenvalue weighted by atomic mass is 9.92. The third-order valence-electron chi connectivity index (χ3n) is 2.70. The minimum atomic E-state index is -1.02. The van der Waals surface area contributed by atoms with Gasteiger partial charge in [0.1, 0.15) is 0 Å². The van der Waals surface area contributed by atoms with Gasteiger partial charge in [0, 0.05) is 0 Å². The second-order valence-corrected chi connectivity index (χ2v) is 4.76. The van der Waals surface area contributed by atoms with E-state index in [1.807, 2.05) is 13.8 Å². The molecule has 0 radical (unpaired) electrons. The van der Waals surface area contributed by atoms with Crippen molar-refractivity contribution >= 4 is 5.97 Å². The van der Waals surface area contributed by atoms with E-state index in [2.05, 4.69) is 6.07 Å². The van der Waals surface area contributed by atoms with Crippen molar-refractivity contribution in [3.05, 3.63) is 23.8 Å². The predicted molar refractivity (Wildman–Crippen MR) is 69.5 cm³/mol. The van der Waals surface area contributed by atoms with Gasteiger partial charge in [-0.05, 0) is 38.5 Å². The number of carbonyl (C=O) groups is 1. The number of aromatic carboxylic acids is 1. The number of ether oxygens (including phenoxy) is 2. The first kappa shape index (κ1) is 14.8. The Balaban J connectivity index is 2.74. The molecule has 1 aromatic rings. The lowest BCUT2D eigenvalue weighted by Gasteiger charge is -2.16. The zero-order valence-corrected chi connectivity index (χ0v) is 11.3. The molecule has 0 fully saturated rings. The van der Waals surface area contributed by atoms with Crippen molar-refractivity contribution in [2.24, 2.45) is 5.41 Å². The van der Waals surface area contributed by atoms with Crippen LogP contribution in [0.25, 0.3) is 0 Å². The summed E-state index contributed by atoms with van der Waals surface area (Å²) in [5.74, 6) is -0.175. The summed E-state index contributed by atoms with van der Waals surface area (Å²) >= 11 is 0. The number of rotatable bonds is 6. The zero-order chi connectivity index (χ0) is 14.5. The summed E-state index contributed by atoms with van der Waals surface area (Å²) < 4.78 is 10.6. The van der Waals surface area contributed by atoms with Crippen LogP contribution in [0.4, 0.5) is 0 Å². The highest BCUT2D eigenvalue weighted by Gasteiger charge is 2.17. The third kappa shape index (κ3) is 4.18. The van der Waals surface area contributed by atoms with E-state index in [-0.39, 0.29) is 5.56 Å². The Hall–Kier alpha value is -2.22. The Morgan fingerprint density at radius 3 is 2.63 bits per heavy atom. The zero-order valence-electron chi connectivity index (χ0n) is 11.3. The van der Waals surface area contributed by atoms with Crippen LogP contribution in [0.2, 0.25) is 0 Å². The summed E-state index contributed by atoms with van der Waals surface area (Å²) in [6, 6.07) is 6.61. The van der Waals surface area contributed by atoms with Gasteiger partial charge in [-0.15, -0.1) is 0 Å². The van der Waals surface area contributed by atoms with Crippen molar-refractivity contribution in [2.45, 2.75) is 20.3 Å². The van der Waals surface area contributed by atoms with E-state index in [4.69, 9.17) is 19.8 Å². The molecule has 5 nitrogen and oxygen atoms in total. The normalized spacial score (nSPS) is 10.6. The number of benzene rings is 1. The average Bonchev–Trinajstić information content (AvgIpc) is 2.38. The minimum Gasteiger partial charge on any atom is -0.493 e. The second-order valence-electron chi connectivity index (χ2n) is 4.76. The van der Waals surface area contributed by atoms with E-state index in [1.165, 1.54) is 19.2 Å². The first-order valence-electron chi connectivity index (χ1n) is 5.85. The lowest BCUT2D eigenvalue weighted by Crippen LogP contribution is -2.13. The molecule has 0 unspecified atom stereocenters. The van der Waals surface area contributed by atoms with Gasteiger partial charge >= 0.3 is 5.97 Å². The third-order valence-corrected chi connectivity index (χ3v) is 2.70. The van der Waals surface area contributed by atoms with Crippen molar-refractivity contribution in [1.82, 2.24) is 0 Å². The molecule has 0 aliphatic heterocycles. The number of carboxylic acid groups (broad SMARTS) is 1. The lowest BCUT2D eigenvalue weighted by molar-refractivity contribution is 0.0696. The van der Waals surface area contributed by atoms with Gasteiger partial charge in [0.15, 0.2) is 11.5 Å². The SMILES string of the molecule is COc1cc(C(=O)O)ccc1OCCC(C)(C)C#N. The van der Waals surface area contributed by atoms with E-state index in [9.17, 15) is 4.79 Å². The van der Waals surface area contributed by atoms with Crippen LogP contribution in [0.15, 0.2) is 18.2 Å². The summed E-state index contributed by atoms with van der Waals surface area (Å²) in [4.78, 5) is 10.8. The Kier molecular flexibility index (Phi) is 4.76. The van der Waals surface area contributed by atoms with E-state index < -0.39 is 11.4 Å². The maximum atomic E-state index is 10.8. The van der Waals surface area contributed by atoms with Crippen molar-refractivity contribution in [1.29, 1.82) is 5.26 Å². The van der Waals surface area contributed by atoms with E-state index in [0.29, 0.717) is 24.5 Å². The van der Waals surface area contributed by atoms with Crippen molar-refractivity contribution < 1.29 is 19.4 Å². The minimum absolute atomic E-state index is 0.140. The predicted octanol–water partition coefficient (Wildman–Crippen LogP) is 2.71. The molecule has 102 valence electrons. The van der Waals surface area contributed by atoms with Gasteiger partial charge in [0.25, 0.3) is 0 Å². The molecule has 0 heterocycles. The highest BCUT2D eigenvalue weighted by atomic mass is 16.5. The van der Waals surface area contributed by atoms with Crippen LogP contribution in [-0.2, 0) is 0 Å². The standard InChI is InChI=1S/C14H17NO4/c1-14(2,9-15)6-7-19-11-5-4-10(13(16)17)8-12(11)18-3/h4-5,8H,6-7H2,1-3H3,(H,16,17). The average molecular weight is 263 g/mol. The van der Waals surface area contributed by atoms with Crippen molar-refractivity contribution in [3.63, 3.8) is 0 Å². The van der Waals surface area contributed by atoms with Gasteiger partial charge in [-0.3, -0.25) is 0 Å². The number of hydrogen-bond acceptors (Lipinski definition) is 4. The van der Waals surface area contributed by atoms with E-state index in [0.717, 1.165) is 0 Å². The molecule has 0 aliphatic carbocycles. The number of hydrogen-bond donors (Lipinski definition) is 1. The van der Waals surface area contributed by atoms with Gasteiger partial charge in [-0.1, -0.05) is 0 Å². The summed E-state index contributed by atoms with van der Waals surface area (Å²) in [7, 11) is 1.45. The first-order chi connectivity index (χ1) is 8.89. The van der Waals surface area contributed by atoms with Gasteiger partial charge < -0.3 is 14.6 Å². The maximum absolute atomic E-state index is 10.8. The molecule has 0 aromatic heterocycles. The van der Waals surface area contributed by atoms with Crippen LogP contribution in [0.1, 0.15) is 30.6 Å². The summed E-state index contributed by atoms with van der Waals surface area (Å²) in [5, 5.41) is 17.8. The van der Waals surface area contributed by atoms with Gasteiger partial charge in [0.2, 0.25) is 0 Å². The fourth-order valence-corrected chi connectivity index (χ4v) is 1.39.